The van der Waals surface area contributed by atoms with Crippen molar-refractivity contribution in [1.29, 1.82) is 0 Å². The lowest BCUT2D eigenvalue weighted by Gasteiger charge is -2.08. The topological polar surface area (TPSA) is 12.0 Å². The monoisotopic (exact) mass is 209 g/mol. The fourth-order valence-electron chi connectivity index (χ4n) is 1.06. The van der Waals surface area contributed by atoms with E-state index in [9.17, 15) is 0 Å². The normalized spacial score (nSPS) is 15.1. The highest BCUT2D eigenvalue weighted by molar-refractivity contribution is 5.07. The Morgan fingerprint density at radius 1 is 0.933 bits per heavy atom. The van der Waals surface area contributed by atoms with Gasteiger partial charge in [-0.2, -0.15) is 0 Å². The van der Waals surface area contributed by atoms with E-state index in [1.165, 1.54) is 32.4 Å². The van der Waals surface area contributed by atoms with E-state index in [0.717, 1.165) is 0 Å². The Kier molecular flexibility index (Phi) is 20.9. The molecule has 1 nitrogen and oxygen atoms in total. The fourth-order valence-corrected chi connectivity index (χ4v) is 1.06. The minimum absolute atomic E-state index is 1.25. The molecule has 0 radical (unpaired) electrons. The maximum Gasteiger partial charge on any atom is -0.00489 e. The molecule has 1 saturated heterocycles. The van der Waals surface area contributed by atoms with Gasteiger partial charge < -0.3 is 5.32 Å². The Labute approximate surface area is 96.0 Å². The third-order valence-electron chi connectivity index (χ3n) is 1.76. The number of hydrogen-bond donors (Lipinski definition) is 1. The second kappa shape index (κ2) is 18.9. The summed E-state index contributed by atoms with van der Waals surface area (Å²) >= 11 is 0. The molecule has 0 bridgehead atoms. The van der Waals surface area contributed by atoms with E-state index in [1.807, 2.05) is 45.1 Å². The van der Waals surface area contributed by atoms with Gasteiger partial charge in [0.1, 0.15) is 0 Å². The zero-order chi connectivity index (χ0) is 11.8. The summed E-state index contributed by atoms with van der Waals surface area (Å²) in [5.74, 6) is 0. The molecule has 1 heterocycles. The van der Waals surface area contributed by atoms with Gasteiger partial charge >= 0.3 is 0 Å². The summed E-state index contributed by atoms with van der Waals surface area (Å²) in [6, 6.07) is 0. The summed E-state index contributed by atoms with van der Waals surface area (Å²) in [5, 5.41) is 3.28. The first-order chi connectivity index (χ1) is 7.41. The van der Waals surface area contributed by atoms with Crippen molar-refractivity contribution in [3.8, 4) is 0 Å². The molecule has 1 rings (SSSR count). The van der Waals surface area contributed by atoms with E-state index in [0.29, 0.717) is 0 Å². The largest absolute Gasteiger partial charge is 0.317 e. The van der Waals surface area contributed by atoms with Gasteiger partial charge in [-0.1, -0.05) is 57.2 Å². The molecule has 0 spiro atoms. The minimum Gasteiger partial charge on any atom is -0.317 e. The summed E-state index contributed by atoms with van der Waals surface area (Å²) in [5.41, 5.74) is 0. The molecule has 0 amide bonds. The van der Waals surface area contributed by atoms with E-state index < -0.39 is 0 Å². The van der Waals surface area contributed by atoms with E-state index >= 15 is 0 Å². The van der Waals surface area contributed by atoms with Crippen molar-refractivity contribution in [3.05, 3.63) is 37.0 Å². The Morgan fingerprint density at radius 2 is 1.53 bits per heavy atom. The highest BCUT2D eigenvalue weighted by Crippen LogP contribution is 1.96. The molecule has 0 unspecified atom stereocenters. The lowest BCUT2D eigenvalue weighted by Crippen LogP contribution is -2.21. The highest BCUT2D eigenvalue weighted by atomic mass is 14.9. The number of nitrogens with one attached hydrogen (secondary N) is 1. The number of piperidine rings is 1. The molecule has 0 saturated carbocycles. The van der Waals surface area contributed by atoms with Gasteiger partial charge in [0.25, 0.3) is 0 Å². The SMILES string of the molecule is C1CCNCC1.C=C/C=C\C=C/C.CC. The average Bonchev–Trinajstić information content (AvgIpc) is 2.35. The third-order valence-corrected chi connectivity index (χ3v) is 1.76. The van der Waals surface area contributed by atoms with E-state index in [-0.39, 0.29) is 0 Å². The van der Waals surface area contributed by atoms with Crippen LogP contribution in [0.25, 0.3) is 0 Å². The number of allylic oxidation sites excluding steroid dienone is 5. The summed E-state index contributed by atoms with van der Waals surface area (Å²) < 4.78 is 0. The molecular weight excluding hydrogens is 182 g/mol. The van der Waals surface area contributed by atoms with Crippen LogP contribution in [0, 0.1) is 0 Å². The lowest BCUT2D eigenvalue weighted by atomic mass is 10.2. The second-order valence-corrected chi connectivity index (χ2v) is 2.96. The summed E-state index contributed by atoms with van der Waals surface area (Å²) in [6.45, 7) is 12.0. The van der Waals surface area contributed by atoms with Gasteiger partial charge in [-0.3, -0.25) is 0 Å². The molecular formula is C14H27N. The van der Waals surface area contributed by atoms with Gasteiger partial charge in [0.15, 0.2) is 0 Å². The highest BCUT2D eigenvalue weighted by Gasteiger charge is 1.93. The molecule has 0 aromatic heterocycles. The quantitative estimate of drug-likeness (QED) is 0.675. The molecule has 88 valence electrons. The molecule has 0 aromatic carbocycles. The van der Waals surface area contributed by atoms with Crippen LogP contribution < -0.4 is 5.32 Å². The molecule has 1 fully saturated rings. The Bertz CT molecular complexity index is 141. The smallest absolute Gasteiger partial charge is 0.00489 e. The fraction of sp³-hybridized carbons (Fsp3) is 0.571. The zero-order valence-electron chi connectivity index (χ0n) is 10.6. The van der Waals surface area contributed by atoms with Gasteiger partial charge in [0.05, 0.1) is 0 Å². The van der Waals surface area contributed by atoms with Crippen molar-refractivity contribution in [1.82, 2.24) is 5.32 Å². The van der Waals surface area contributed by atoms with E-state index in [2.05, 4.69) is 11.9 Å². The maximum absolute atomic E-state index is 3.51. The second-order valence-electron chi connectivity index (χ2n) is 2.96. The molecule has 15 heavy (non-hydrogen) atoms. The average molecular weight is 209 g/mol. The first-order valence-electron chi connectivity index (χ1n) is 6.03. The van der Waals surface area contributed by atoms with Crippen molar-refractivity contribution in [2.45, 2.75) is 40.0 Å². The zero-order valence-corrected chi connectivity index (χ0v) is 10.6. The predicted octanol–water partition coefficient (Wildman–Crippen LogP) is 4.09. The summed E-state index contributed by atoms with van der Waals surface area (Å²) in [6.07, 6.45) is 13.7. The van der Waals surface area contributed by atoms with Crippen LogP contribution in [0.5, 0.6) is 0 Å². The Morgan fingerprint density at radius 3 is 1.80 bits per heavy atom. The molecule has 0 atom stereocenters. The van der Waals surface area contributed by atoms with Crippen LogP contribution in [-0.4, -0.2) is 13.1 Å². The number of hydrogen-bond acceptors (Lipinski definition) is 1. The minimum atomic E-state index is 1.25. The molecule has 1 heteroatoms. The van der Waals surface area contributed by atoms with Crippen molar-refractivity contribution < 1.29 is 0 Å². The van der Waals surface area contributed by atoms with Crippen LogP contribution >= 0.6 is 0 Å². The van der Waals surface area contributed by atoms with Crippen molar-refractivity contribution in [3.63, 3.8) is 0 Å². The predicted molar refractivity (Wildman–Crippen MR) is 72.2 cm³/mol. The van der Waals surface area contributed by atoms with Crippen molar-refractivity contribution in [2.75, 3.05) is 13.1 Å². The maximum atomic E-state index is 3.51. The lowest BCUT2D eigenvalue weighted by molar-refractivity contribution is 0.520. The van der Waals surface area contributed by atoms with Crippen LogP contribution in [0.4, 0.5) is 0 Å². The first kappa shape index (κ1) is 16.6. The van der Waals surface area contributed by atoms with Crippen LogP contribution in [-0.2, 0) is 0 Å². The summed E-state index contributed by atoms with van der Waals surface area (Å²) in [7, 11) is 0. The Balaban J connectivity index is 0. The van der Waals surface area contributed by atoms with Gasteiger partial charge in [-0.15, -0.1) is 0 Å². The summed E-state index contributed by atoms with van der Waals surface area (Å²) in [4.78, 5) is 0. The molecule has 1 aliphatic heterocycles. The standard InChI is InChI=1S/C7H10.C5H11N.C2H6/c1-3-5-7-6-4-2;1-2-4-6-5-3-1;1-2/h3-7H,1H2,2H3;6H,1-5H2;1-2H3/b6-4-,7-5-;;. The van der Waals surface area contributed by atoms with Crippen LogP contribution in [0.3, 0.4) is 0 Å². The van der Waals surface area contributed by atoms with Gasteiger partial charge in [0, 0.05) is 0 Å². The number of rotatable bonds is 2. The van der Waals surface area contributed by atoms with Crippen molar-refractivity contribution >= 4 is 0 Å². The van der Waals surface area contributed by atoms with E-state index in [4.69, 9.17) is 0 Å². The van der Waals surface area contributed by atoms with Gasteiger partial charge in [-0.05, 0) is 32.9 Å². The van der Waals surface area contributed by atoms with Crippen LogP contribution in [0.1, 0.15) is 40.0 Å². The van der Waals surface area contributed by atoms with E-state index in [1.54, 1.807) is 6.08 Å². The first-order valence-corrected chi connectivity index (χ1v) is 6.03. The molecule has 0 aromatic rings. The van der Waals surface area contributed by atoms with Crippen LogP contribution in [0.15, 0.2) is 37.0 Å². The Hall–Kier alpha value is -0.820. The molecule has 1 N–H and O–H groups in total. The van der Waals surface area contributed by atoms with Crippen molar-refractivity contribution in [2.24, 2.45) is 0 Å². The molecule has 1 aliphatic rings. The van der Waals surface area contributed by atoms with Crippen LogP contribution in [0.2, 0.25) is 0 Å². The van der Waals surface area contributed by atoms with Gasteiger partial charge in [-0.25, -0.2) is 0 Å². The molecule has 0 aliphatic carbocycles. The third kappa shape index (κ3) is 19.5. The van der Waals surface area contributed by atoms with Gasteiger partial charge in [0.2, 0.25) is 0 Å².